The molecule has 0 amide bonds. The van der Waals surface area contributed by atoms with Gasteiger partial charge in [0.2, 0.25) is 0 Å². The standard InChI is InChI=1S/C16H27NO2/c1-13(2)12-18-10-9-17-11-15-7-5-6-8-16(15)19-14(3)4/h5-8,13-14,17H,9-12H2,1-4H3. The van der Waals surface area contributed by atoms with Crippen molar-refractivity contribution in [2.24, 2.45) is 5.92 Å². The molecule has 0 aromatic heterocycles. The van der Waals surface area contributed by atoms with E-state index in [-0.39, 0.29) is 6.10 Å². The van der Waals surface area contributed by atoms with Crippen molar-refractivity contribution in [2.75, 3.05) is 19.8 Å². The highest BCUT2D eigenvalue weighted by Crippen LogP contribution is 2.18. The van der Waals surface area contributed by atoms with E-state index in [2.05, 4.69) is 25.2 Å². The highest BCUT2D eigenvalue weighted by Gasteiger charge is 2.04. The minimum absolute atomic E-state index is 0.204. The SMILES string of the molecule is CC(C)COCCNCc1ccccc1OC(C)C. The van der Waals surface area contributed by atoms with Crippen molar-refractivity contribution in [3.05, 3.63) is 29.8 Å². The first-order chi connectivity index (χ1) is 9.09. The minimum Gasteiger partial charge on any atom is -0.491 e. The van der Waals surface area contributed by atoms with E-state index in [0.717, 1.165) is 32.1 Å². The van der Waals surface area contributed by atoms with Crippen LogP contribution in [0.1, 0.15) is 33.3 Å². The van der Waals surface area contributed by atoms with Crippen LogP contribution in [0.5, 0.6) is 5.75 Å². The summed E-state index contributed by atoms with van der Waals surface area (Å²) in [6, 6.07) is 8.17. The summed E-state index contributed by atoms with van der Waals surface area (Å²) in [5.41, 5.74) is 1.19. The maximum absolute atomic E-state index is 5.78. The second-order valence-corrected chi connectivity index (χ2v) is 5.42. The van der Waals surface area contributed by atoms with Crippen LogP contribution in [-0.4, -0.2) is 25.9 Å². The summed E-state index contributed by atoms with van der Waals surface area (Å²) >= 11 is 0. The van der Waals surface area contributed by atoms with Gasteiger partial charge in [0.1, 0.15) is 5.75 Å². The molecule has 1 aromatic rings. The molecular formula is C16H27NO2. The Kier molecular flexibility index (Phi) is 7.53. The molecule has 0 unspecified atom stereocenters. The van der Waals surface area contributed by atoms with Crippen molar-refractivity contribution in [3.63, 3.8) is 0 Å². The molecule has 0 aliphatic carbocycles. The van der Waals surface area contributed by atoms with Crippen molar-refractivity contribution in [3.8, 4) is 5.75 Å². The third kappa shape index (κ3) is 7.19. The van der Waals surface area contributed by atoms with Crippen molar-refractivity contribution >= 4 is 0 Å². The van der Waals surface area contributed by atoms with Gasteiger partial charge in [-0.25, -0.2) is 0 Å². The molecule has 0 bridgehead atoms. The molecule has 1 N–H and O–H groups in total. The summed E-state index contributed by atoms with van der Waals surface area (Å²) in [4.78, 5) is 0. The molecule has 0 atom stereocenters. The second kappa shape index (κ2) is 8.94. The van der Waals surface area contributed by atoms with E-state index in [1.54, 1.807) is 0 Å². The predicted molar refractivity (Wildman–Crippen MR) is 79.6 cm³/mol. The molecule has 19 heavy (non-hydrogen) atoms. The molecule has 0 fully saturated rings. The lowest BCUT2D eigenvalue weighted by atomic mass is 10.2. The lowest BCUT2D eigenvalue weighted by Gasteiger charge is -2.14. The van der Waals surface area contributed by atoms with Gasteiger partial charge in [-0.3, -0.25) is 0 Å². The van der Waals surface area contributed by atoms with E-state index < -0.39 is 0 Å². The Labute approximate surface area is 117 Å². The molecule has 0 radical (unpaired) electrons. The Bertz CT molecular complexity index is 350. The first kappa shape index (κ1) is 16.0. The zero-order chi connectivity index (χ0) is 14.1. The molecule has 108 valence electrons. The lowest BCUT2D eigenvalue weighted by Crippen LogP contribution is -2.21. The minimum atomic E-state index is 0.204. The summed E-state index contributed by atoms with van der Waals surface area (Å²) in [5.74, 6) is 1.56. The topological polar surface area (TPSA) is 30.5 Å². The van der Waals surface area contributed by atoms with Crippen LogP contribution in [0.3, 0.4) is 0 Å². The molecule has 0 spiro atoms. The Morgan fingerprint density at radius 3 is 2.53 bits per heavy atom. The Morgan fingerprint density at radius 1 is 1.11 bits per heavy atom. The van der Waals surface area contributed by atoms with Gasteiger partial charge in [0.05, 0.1) is 12.7 Å². The Morgan fingerprint density at radius 2 is 1.84 bits per heavy atom. The largest absolute Gasteiger partial charge is 0.491 e. The van der Waals surface area contributed by atoms with Gasteiger partial charge >= 0.3 is 0 Å². The van der Waals surface area contributed by atoms with Crippen LogP contribution in [0.25, 0.3) is 0 Å². The summed E-state index contributed by atoms with van der Waals surface area (Å²) < 4.78 is 11.3. The highest BCUT2D eigenvalue weighted by molar-refractivity contribution is 5.33. The van der Waals surface area contributed by atoms with Crippen molar-refractivity contribution < 1.29 is 9.47 Å². The van der Waals surface area contributed by atoms with Crippen LogP contribution in [0.4, 0.5) is 0 Å². The number of nitrogens with one attached hydrogen (secondary N) is 1. The average Bonchev–Trinajstić information content (AvgIpc) is 2.34. The van der Waals surface area contributed by atoms with Crippen LogP contribution < -0.4 is 10.1 Å². The Balaban J connectivity index is 2.28. The van der Waals surface area contributed by atoms with Crippen LogP contribution in [0, 0.1) is 5.92 Å². The number of ether oxygens (including phenoxy) is 2. The quantitative estimate of drug-likeness (QED) is 0.695. The summed E-state index contributed by atoms with van der Waals surface area (Å²) in [5, 5.41) is 3.38. The molecule has 1 rings (SSSR count). The second-order valence-electron chi connectivity index (χ2n) is 5.42. The van der Waals surface area contributed by atoms with Gasteiger partial charge in [-0.2, -0.15) is 0 Å². The maximum Gasteiger partial charge on any atom is 0.124 e. The smallest absolute Gasteiger partial charge is 0.124 e. The summed E-state index contributed by atoms with van der Waals surface area (Å²) in [6.07, 6.45) is 0.204. The first-order valence-electron chi connectivity index (χ1n) is 7.12. The first-order valence-corrected chi connectivity index (χ1v) is 7.12. The van der Waals surface area contributed by atoms with Gasteiger partial charge in [-0.1, -0.05) is 32.0 Å². The van der Waals surface area contributed by atoms with Crippen molar-refractivity contribution in [2.45, 2.75) is 40.3 Å². The fraction of sp³-hybridized carbons (Fsp3) is 0.625. The van der Waals surface area contributed by atoms with Crippen LogP contribution in [0.15, 0.2) is 24.3 Å². The maximum atomic E-state index is 5.78. The van der Waals surface area contributed by atoms with E-state index in [9.17, 15) is 0 Å². The molecule has 0 heterocycles. The van der Waals surface area contributed by atoms with E-state index in [1.807, 2.05) is 32.0 Å². The molecular weight excluding hydrogens is 238 g/mol. The fourth-order valence-electron chi connectivity index (χ4n) is 1.71. The fourth-order valence-corrected chi connectivity index (χ4v) is 1.71. The summed E-state index contributed by atoms with van der Waals surface area (Å²) in [6.45, 7) is 11.7. The molecule has 0 saturated carbocycles. The monoisotopic (exact) mass is 265 g/mol. The van der Waals surface area contributed by atoms with Crippen LogP contribution >= 0.6 is 0 Å². The predicted octanol–water partition coefficient (Wildman–Crippen LogP) is 3.24. The molecule has 3 heteroatoms. The molecule has 0 aliphatic rings. The summed E-state index contributed by atoms with van der Waals surface area (Å²) in [7, 11) is 0. The zero-order valence-corrected chi connectivity index (χ0v) is 12.6. The number of rotatable bonds is 9. The van der Waals surface area contributed by atoms with E-state index >= 15 is 0 Å². The van der Waals surface area contributed by atoms with Gasteiger partial charge in [0.25, 0.3) is 0 Å². The Hall–Kier alpha value is -1.06. The third-order valence-electron chi connectivity index (χ3n) is 2.53. The molecule has 0 aliphatic heterocycles. The van der Waals surface area contributed by atoms with Gasteiger partial charge < -0.3 is 14.8 Å². The number of hydrogen-bond acceptors (Lipinski definition) is 3. The number of para-hydroxylation sites is 1. The van der Waals surface area contributed by atoms with E-state index in [0.29, 0.717) is 5.92 Å². The van der Waals surface area contributed by atoms with Crippen molar-refractivity contribution in [1.82, 2.24) is 5.32 Å². The lowest BCUT2D eigenvalue weighted by molar-refractivity contribution is 0.111. The van der Waals surface area contributed by atoms with Crippen molar-refractivity contribution in [1.29, 1.82) is 0 Å². The molecule has 0 saturated heterocycles. The molecule has 1 aromatic carbocycles. The number of benzene rings is 1. The van der Waals surface area contributed by atoms with Gasteiger partial charge in [0, 0.05) is 25.3 Å². The van der Waals surface area contributed by atoms with Gasteiger partial charge in [0.15, 0.2) is 0 Å². The highest BCUT2D eigenvalue weighted by atomic mass is 16.5. The molecule has 3 nitrogen and oxygen atoms in total. The average molecular weight is 265 g/mol. The van der Waals surface area contributed by atoms with Gasteiger partial charge in [-0.15, -0.1) is 0 Å². The van der Waals surface area contributed by atoms with E-state index in [4.69, 9.17) is 9.47 Å². The normalized spacial score (nSPS) is 11.3. The van der Waals surface area contributed by atoms with Crippen LogP contribution in [-0.2, 0) is 11.3 Å². The van der Waals surface area contributed by atoms with Gasteiger partial charge in [-0.05, 0) is 25.8 Å². The van der Waals surface area contributed by atoms with E-state index in [1.165, 1.54) is 5.56 Å². The third-order valence-corrected chi connectivity index (χ3v) is 2.53. The number of hydrogen-bond donors (Lipinski definition) is 1. The van der Waals surface area contributed by atoms with Crippen LogP contribution in [0.2, 0.25) is 0 Å². The zero-order valence-electron chi connectivity index (χ0n) is 12.6.